The fourth-order valence-electron chi connectivity index (χ4n) is 2.81. The molecule has 0 radical (unpaired) electrons. The number of hydrogen-bond acceptors (Lipinski definition) is 4. The fourth-order valence-corrected chi connectivity index (χ4v) is 2.81. The van der Waals surface area contributed by atoms with Crippen LogP contribution in [0.15, 0.2) is 30.3 Å². The number of hydrogen-bond donors (Lipinski definition) is 0. The van der Waals surface area contributed by atoms with Crippen LogP contribution in [0.4, 0.5) is 0 Å². The molecule has 0 N–H and O–H groups in total. The van der Waals surface area contributed by atoms with Crippen LogP contribution in [0, 0.1) is 19.8 Å². The van der Waals surface area contributed by atoms with E-state index < -0.39 is 29.1 Å². The van der Waals surface area contributed by atoms with Crippen molar-refractivity contribution in [3.05, 3.63) is 49.7 Å². The maximum atomic E-state index is 12.4. The minimum absolute atomic E-state index is 0. The summed E-state index contributed by atoms with van der Waals surface area (Å²) in [6.07, 6.45) is 0.686. The second-order valence-corrected chi connectivity index (χ2v) is 5.70. The van der Waals surface area contributed by atoms with Gasteiger partial charge in [-0.15, -0.1) is 0 Å². The number of carbonyl (C=O) groups excluding carboxylic acids is 2. The molecule has 0 aromatic heterocycles. The van der Waals surface area contributed by atoms with Crippen molar-refractivity contribution in [2.45, 2.75) is 37.9 Å². The van der Waals surface area contributed by atoms with Gasteiger partial charge in [-0.2, -0.15) is 12.8 Å². The molecule has 0 unspecified atom stereocenters. The second-order valence-electron chi connectivity index (χ2n) is 5.70. The number of rotatable bonds is 4. The Morgan fingerprint density at radius 3 is 1.91 bits per heavy atom. The Morgan fingerprint density at radius 1 is 1.05 bits per heavy atom. The molecular formula is C17H20O4W. The summed E-state index contributed by atoms with van der Waals surface area (Å²) >= 11 is 0. The molecule has 0 bridgehead atoms. The first kappa shape index (κ1) is 18.9. The number of ether oxygens (including phenoxy) is 2. The molecule has 5 heteroatoms. The van der Waals surface area contributed by atoms with Crippen molar-refractivity contribution in [2.24, 2.45) is 5.92 Å². The number of cyclic esters (lactones) is 2. The quantitative estimate of drug-likeness (QED) is 0.385. The second kappa shape index (κ2) is 6.95. The maximum Gasteiger partial charge on any atom is 2.00 e. The Balaban J connectivity index is 0.00000242. The molecule has 1 aliphatic rings. The van der Waals surface area contributed by atoms with E-state index in [0.717, 1.165) is 5.56 Å². The van der Waals surface area contributed by atoms with Gasteiger partial charge in [-0.05, 0) is 11.0 Å². The van der Waals surface area contributed by atoms with Crippen LogP contribution < -0.4 is 0 Å². The summed E-state index contributed by atoms with van der Waals surface area (Å²) in [6.45, 7) is 10.9. The van der Waals surface area contributed by atoms with Crippen LogP contribution in [-0.2, 0) is 45.5 Å². The van der Waals surface area contributed by atoms with Crippen molar-refractivity contribution < 1.29 is 40.1 Å². The number of esters is 2. The standard InChI is InChI=1S/C17H20O4.W/c1-5-17(6-2,12-10-8-7-9-11-12)13-14(18)20-16(3,4)21-15(13)19;/h7-11,13H,1-2,5-6H2,3-4H3;/q-2;+2. The van der Waals surface area contributed by atoms with E-state index >= 15 is 0 Å². The van der Waals surface area contributed by atoms with Crippen LogP contribution >= 0.6 is 0 Å². The molecule has 0 aliphatic carbocycles. The maximum absolute atomic E-state index is 12.4. The van der Waals surface area contributed by atoms with E-state index in [1.807, 2.05) is 30.3 Å². The van der Waals surface area contributed by atoms with E-state index in [1.165, 1.54) is 13.8 Å². The van der Waals surface area contributed by atoms with Gasteiger partial charge in [0.15, 0.2) is 5.92 Å². The van der Waals surface area contributed by atoms with E-state index in [-0.39, 0.29) is 21.1 Å². The van der Waals surface area contributed by atoms with Crippen LogP contribution in [0.1, 0.15) is 32.3 Å². The van der Waals surface area contributed by atoms with Crippen molar-refractivity contribution in [3.8, 4) is 0 Å². The van der Waals surface area contributed by atoms with Crippen molar-refractivity contribution in [2.75, 3.05) is 0 Å². The summed E-state index contributed by atoms with van der Waals surface area (Å²) in [4.78, 5) is 24.8. The van der Waals surface area contributed by atoms with Crippen molar-refractivity contribution in [3.63, 3.8) is 0 Å². The van der Waals surface area contributed by atoms with E-state index in [0.29, 0.717) is 12.8 Å². The molecule has 0 amide bonds. The summed E-state index contributed by atoms with van der Waals surface area (Å²) in [5.41, 5.74) is 0.0277. The van der Waals surface area contributed by atoms with Crippen molar-refractivity contribution in [1.82, 2.24) is 0 Å². The average Bonchev–Trinajstić information content (AvgIpc) is 2.43. The molecule has 0 atom stereocenters. The first-order chi connectivity index (χ1) is 9.86. The van der Waals surface area contributed by atoms with E-state index in [9.17, 15) is 9.59 Å². The van der Waals surface area contributed by atoms with E-state index in [1.54, 1.807) is 0 Å². The molecule has 1 heterocycles. The third-order valence-electron chi connectivity index (χ3n) is 3.96. The average molecular weight is 472 g/mol. The normalized spacial score (nSPS) is 18.2. The monoisotopic (exact) mass is 472 g/mol. The Bertz CT molecular complexity index is 515. The molecule has 1 aromatic rings. The zero-order valence-electron chi connectivity index (χ0n) is 12.8. The molecular weight excluding hydrogens is 452 g/mol. The largest absolute Gasteiger partial charge is 2.00 e. The van der Waals surface area contributed by atoms with Crippen LogP contribution in [0.3, 0.4) is 0 Å². The SMILES string of the molecule is [CH2-]CC(C[CH2-])(c1ccccc1)C1C(=O)OC(C)(C)OC1=O.[W+2]. The third kappa shape index (κ3) is 3.27. The molecule has 0 spiro atoms. The number of benzene rings is 1. The van der Waals surface area contributed by atoms with Gasteiger partial charge in [0.25, 0.3) is 5.79 Å². The minimum atomic E-state index is -1.23. The Morgan fingerprint density at radius 2 is 1.50 bits per heavy atom. The molecule has 1 saturated heterocycles. The van der Waals surface area contributed by atoms with Gasteiger partial charge in [0, 0.05) is 13.8 Å². The van der Waals surface area contributed by atoms with Crippen LogP contribution in [-0.4, -0.2) is 17.7 Å². The van der Waals surface area contributed by atoms with Crippen molar-refractivity contribution in [1.29, 1.82) is 0 Å². The van der Waals surface area contributed by atoms with Crippen LogP contribution in [0.2, 0.25) is 0 Å². The number of carbonyl (C=O) groups is 2. The van der Waals surface area contributed by atoms with Gasteiger partial charge in [-0.3, -0.25) is 9.59 Å². The fraction of sp³-hybridized carbons (Fsp3) is 0.412. The minimum Gasteiger partial charge on any atom is -0.422 e. The Hall–Kier alpha value is -1.15. The molecule has 1 fully saturated rings. The molecule has 4 nitrogen and oxygen atoms in total. The molecule has 1 aliphatic heterocycles. The summed E-state index contributed by atoms with van der Waals surface area (Å²) < 4.78 is 10.5. The Kier molecular flexibility index (Phi) is 5.97. The molecule has 0 saturated carbocycles. The Labute approximate surface area is 145 Å². The molecule has 22 heavy (non-hydrogen) atoms. The van der Waals surface area contributed by atoms with E-state index in [4.69, 9.17) is 9.47 Å². The summed E-state index contributed by atoms with van der Waals surface area (Å²) in [5, 5.41) is 0. The van der Waals surface area contributed by atoms with Gasteiger partial charge < -0.3 is 23.3 Å². The zero-order chi connectivity index (χ0) is 15.7. The smallest absolute Gasteiger partial charge is 0.422 e. The van der Waals surface area contributed by atoms with Gasteiger partial charge in [-0.25, -0.2) is 0 Å². The van der Waals surface area contributed by atoms with Gasteiger partial charge in [-0.1, -0.05) is 30.3 Å². The molecule has 118 valence electrons. The van der Waals surface area contributed by atoms with Crippen LogP contribution in [0.5, 0.6) is 0 Å². The van der Waals surface area contributed by atoms with Gasteiger partial charge in [0.05, 0.1) is 0 Å². The summed E-state index contributed by atoms with van der Waals surface area (Å²) in [6, 6.07) is 9.34. The van der Waals surface area contributed by atoms with Gasteiger partial charge in [0.2, 0.25) is 0 Å². The first-order valence-electron chi connectivity index (χ1n) is 6.96. The zero-order valence-corrected chi connectivity index (χ0v) is 15.8. The van der Waals surface area contributed by atoms with Gasteiger partial charge >= 0.3 is 33.0 Å². The van der Waals surface area contributed by atoms with E-state index in [2.05, 4.69) is 13.8 Å². The van der Waals surface area contributed by atoms with Gasteiger partial charge in [0.1, 0.15) is 0 Å². The van der Waals surface area contributed by atoms with Crippen LogP contribution in [0.25, 0.3) is 0 Å². The predicted molar refractivity (Wildman–Crippen MR) is 77.8 cm³/mol. The topological polar surface area (TPSA) is 52.6 Å². The summed E-state index contributed by atoms with van der Waals surface area (Å²) in [5.74, 6) is -3.42. The summed E-state index contributed by atoms with van der Waals surface area (Å²) in [7, 11) is 0. The van der Waals surface area contributed by atoms with Crippen molar-refractivity contribution >= 4 is 11.9 Å². The predicted octanol–water partition coefficient (Wildman–Crippen LogP) is 2.82. The molecule has 1 aromatic carbocycles. The third-order valence-corrected chi connectivity index (χ3v) is 3.96. The molecule has 2 rings (SSSR count). The first-order valence-corrected chi connectivity index (χ1v) is 6.96.